The van der Waals surface area contributed by atoms with Crippen LogP contribution in [0.2, 0.25) is 0 Å². The van der Waals surface area contributed by atoms with Crippen molar-refractivity contribution < 1.29 is 0 Å². The molecule has 0 aromatic heterocycles. The minimum Gasteiger partial charge on any atom is -0.350 e. The van der Waals surface area contributed by atoms with Crippen molar-refractivity contribution in [2.24, 2.45) is 16.8 Å². The molecule has 1 aliphatic heterocycles. The second-order valence-corrected chi connectivity index (χ2v) is 16.0. The molecule has 2 N–H and O–H groups in total. The van der Waals surface area contributed by atoms with Gasteiger partial charge in [-0.05, 0) is 109 Å². The highest BCUT2D eigenvalue weighted by Crippen LogP contribution is 2.54. The Kier molecular flexibility index (Phi) is 8.34. The lowest BCUT2D eigenvalue weighted by Crippen LogP contribution is -2.49. The van der Waals surface area contributed by atoms with Gasteiger partial charge in [0.05, 0.1) is 0 Å². The summed E-state index contributed by atoms with van der Waals surface area (Å²) in [5.41, 5.74) is 13.8. The molecular weight excluding hydrogens is 667 g/mol. The quantitative estimate of drug-likeness (QED) is 0.180. The van der Waals surface area contributed by atoms with Gasteiger partial charge in [-0.15, -0.1) is 0 Å². The minimum absolute atomic E-state index is 0.127. The summed E-state index contributed by atoms with van der Waals surface area (Å²) >= 11 is 0. The largest absolute Gasteiger partial charge is 0.350 e. The van der Waals surface area contributed by atoms with Crippen molar-refractivity contribution in [2.45, 2.75) is 44.4 Å². The van der Waals surface area contributed by atoms with Gasteiger partial charge in [0.15, 0.2) is 0 Å². The fourth-order valence-electron chi connectivity index (χ4n) is 9.34. The predicted octanol–water partition coefficient (Wildman–Crippen LogP) is 12.1. The predicted molar refractivity (Wildman–Crippen MR) is 230 cm³/mol. The summed E-state index contributed by atoms with van der Waals surface area (Å²) in [6.45, 7) is 4.77. The van der Waals surface area contributed by atoms with Crippen molar-refractivity contribution in [3.63, 3.8) is 0 Å². The van der Waals surface area contributed by atoms with Gasteiger partial charge >= 0.3 is 0 Å². The molecule has 0 fully saturated rings. The molecule has 4 atom stereocenters. The first-order valence-corrected chi connectivity index (χ1v) is 19.7. The molecular formula is C52H45N3. The van der Waals surface area contributed by atoms with Crippen LogP contribution in [0, 0.1) is 11.8 Å². The first-order valence-electron chi connectivity index (χ1n) is 19.7. The Morgan fingerprint density at radius 1 is 0.618 bits per heavy atom. The lowest BCUT2D eigenvalue weighted by atomic mass is 9.80. The van der Waals surface area contributed by atoms with Crippen LogP contribution in [0.5, 0.6) is 0 Å². The number of hydrogen-bond acceptors (Lipinski definition) is 3. The van der Waals surface area contributed by atoms with Gasteiger partial charge in [0, 0.05) is 11.0 Å². The van der Waals surface area contributed by atoms with E-state index >= 15 is 0 Å². The molecule has 3 nitrogen and oxygen atoms in total. The first-order chi connectivity index (χ1) is 27.0. The standard InChI is InChI=1S/C52H45N3/c1-52(2)45-33-42(28-29-44(45)48-46(52)32-39-22-12-13-27-43(39)47(48)36-20-10-5-11-21-36)51-54-49(40-25-14-23-37(30-40)34-16-6-3-7-17-34)53-50(55-51)41-26-15-24-38(31-41)35-18-8-4-9-19-35/h3-18,20-30,32-33,35,38,49-50,53H,19,31H2,1-2H3,(H,54,55). The van der Waals surface area contributed by atoms with E-state index in [1.54, 1.807) is 0 Å². The van der Waals surface area contributed by atoms with Crippen molar-refractivity contribution in [1.82, 2.24) is 10.6 Å². The molecule has 6 aromatic rings. The molecule has 0 spiro atoms. The lowest BCUT2D eigenvalue weighted by molar-refractivity contribution is 0.399. The first kappa shape index (κ1) is 33.5. The second-order valence-electron chi connectivity index (χ2n) is 16.0. The molecule has 0 saturated carbocycles. The van der Waals surface area contributed by atoms with Gasteiger partial charge < -0.3 is 5.32 Å². The van der Waals surface area contributed by atoms with Crippen LogP contribution >= 0.6 is 0 Å². The molecule has 0 saturated heterocycles. The number of nitrogens with zero attached hydrogens (tertiary/aromatic N) is 1. The number of aliphatic imine (C=N–C) groups is 1. The van der Waals surface area contributed by atoms with Gasteiger partial charge in [-0.1, -0.05) is 172 Å². The van der Waals surface area contributed by atoms with E-state index in [2.05, 4.69) is 200 Å². The highest BCUT2D eigenvalue weighted by molar-refractivity contribution is 6.09. The topological polar surface area (TPSA) is 36.4 Å². The number of amidine groups is 1. The van der Waals surface area contributed by atoms with Crippen LogP contribution in [0.25, 0.3) is 44.2 Å². The van der Waals surface area contributed by atoms with Crippen LogP contribution in [0.4, 0.5) is 0 Å². The molecule has 6 aromatic carbocycles. The molecule has 3 heteroatoms. The van der Waals surface area contributed by atoms with Crippen LogP contribution in [0.1, 0.15) is 55.1 Å². The van der Waals surface area contributed by atoms with Crippen LogP contribution < -0.4 is 10.6 Å². The summed E-state index contributed by atoms with van der Waals surface area (Å²) in [4.78, 5) is 5.50. The van der Waals surface area contributed by atoms with Crippen molar-refractivity contribution >= 4 is 16.6 Å². The lowest BCUT2D eigenvalue weighted by Gasteiger charge is -2.35. The van der Waals surface area contributed by atoms with Crippen molar-refractivity contribution in [3.05, 3.63) is 204 Å². The van der Waals surface area contributed by atoms with Crippen LogP contribution in [0.15, 0.2) is 187 Å². The second kappa shape index (κ2) is 13.7. The summed E-state index contributed by atoms with van der Waals surface area (Å²) in [7, 11) is 0. The van der Waals surface area contributed by atoms with Crippen LogP contribution in [-0.4, -0.2) is 12.0 Å². The average Bonchev–Trinajstić information content (AvgIpc) is 3.48. The molecule has 0 amide bonds. The van der Waals surface area contributed by atoms with Crippen LogP contribution in [0.3, 0.4) is 0 Å². The van der Waals surface area contributed by atoms with Crippen molar-refractivity contribution in [2.75, 3.05) is 0 Å². The molecule has 55 heavy (non-hydrogen) atoms. The summed E-state index contributed by atoms with van der Waals surface area (Å²) in [5, 5.41) is 10.4. The minimum atomic E-state index is -0.198. The Morgan fingerprint density at radius 2 is 1.38 bits per heavy atom. The zero-order valence-corrected chi connectivity index (χ0v) is 31.4. The monoisotopic (exact) mass is 711 g/mol. The molecule has 4 unspecified atom stereocenters. The molecule has 268 valence electrons. The Morgan fingerprint density at radius 3 is 2.20 bits per heavy atom. The van der Waals surface area contributed by atoms with E-state index in [1.165, 1.54) is 66.4 Å². The van der Waals surface area contributed by atoms with E-state index in [0.717, 1.165) is 24.2 Å². The van der Waals surface area contributed by atoms with Gasteiger partial charge in [0.25, 0.3) is 0 Å². The number of benzene rings is 6. The summed E-state index contributed by atoms with van der Waals surface area (Å²) in [6.07, 6.45) is 17.7. The summed E-state index contributed by atoms with van der Waals surface area (Å²) in [6, 6.07) is 48.8. The Labute approximate surface area is 324 Å². The summed E-state index contributed by atoms with van der Waals surface area (Å²) in [5.74, 6) is 1.88. The molecule has 3 aliphatic carbocycles. The van der Waals surface area contributed by atoms with Crippen molar-refractivity contribution in [1.29, 1.82) is 0 Å². The fourth-order valence-corrected chi connectivity index (χ4v) is 9.34. The Bertz CT molecular complexity index is 2590. The zero-order chi connectivity index (χ0) is 36.9. The third-order valence-corrected chi connectivity index (χ3v) is 12.3. The number of nitrogens with one attached hydrogen (secondary N) is 2. The number of hydrogen-bond donors (Lipinski definition) is 2. The van der Waals surface area contributed by atoms with Gasteiger partial charge in [0.1, 0.15) is 18.2 Å². The van der Waals surface area contributed by atoms with E-state index in [1.807, 2.05) is 0 Å². The maximum Gasteiger partial charge on any atom is 0.131 e. The van der Waals surface area contributed by atoms with Gasteiger partial charge in [-0.25, -0.2) is 4.99 Å². The highest BCUT2D eigenvalue weighted by Gasteiger charge is 2.39. The average molecular weight is 712 g/mol. The smallest absolute Gasteiger partial charge is 0.131 e. The third-order valence-electron chi connectivity index (χ3n) is 12.3. The Balaban J connectivity index is 1.07. The molecule has 10 rings (SSSR count). The number of fused-ring (bicyclic) bond motifs is 4. The molecule has 4 aliphatic rings. The number of allylic oxidation sites excluding steroid dienone is 7. The van der Waals surface area contributed by atoms with E-state index in [9.17, 15) is 0 Å². The molecule has 0 bridgehead atoms. The summed E-state index contributed by atoms with van der Waals surface area (Å²) < 4.78 is 0. The normalized spacial score (nSPS) is 22.1. The van der Waals surface area contributed by atoms with E-state index < -0.39 is 0 Å². The highest BCUT2D eigenvalue weighted by atomic mass is 15.3. The van der Waals surface area contributed by atoms with Gasteiger partial charge in [0.2, 0.25) is 0 Å². The number of rotatable bonds is 6. The van der Waals surface area contributed by atoms with E-state index in [4.69, 9.17) is 4.99 Å². The zero-order valence-electron chi connectivity index (χ0n) is 31.4. The van der Waals surface area contributed by atoms with E-state index in [-0.39, 0.29) is 17.7 Å². The van der Waals surface area contributed by atoms with Gasteiger partial charge in [-0.3, -0.25) is 5.32 Å². The molecule has 1 heterocycles. The maximum atomic E-state index is 5.50. The van der Waals surface area contributed by atoms with Crippen LogP contribution in [-0.2, 0) is 5.41 Å². The third kappa shape index (κ3) is 6.00. The van der Waals surface area contributed by atoms with Gasteiger partial charge in [-0.2, -0.15) is 0 Å². The molecule has 0 radical (unpaired) electrons. The SMILES string of the molecule is CC1(C)c2cc(C3=NC(C4=CC=CC(C5C=CC=CC5)C4)NC(c4cccc(-c5ccccc5)c4)N3)ccc2-c2c1cc1ccccc1c2-c1ccccc1. The Hall–Kier alpha value is -6.03. The van der Waals surface area contributed by atoms with E-state index in [0.29, 0.717) is 11.8 Å². The fraction of sp³-hybridized carbons (Fsp3) is 0.173. The van der Waals surface area contributed by atoms with Crippen molar-refractivity contribution in [3.8, 4) is 33.4 Å². The maximum absolute atomic E-state index is 5.50.